The van der Waals surface area contributed by atoms with Crippen LogP contribution in [-0.4, -0.2) is 17.4 Å². The lowest BCUT2D eigenvalue weighted by Crippen LogP contribution is -2.63. The molecule has 152 valence electrons. The monoisotopic (exact) mass is 398 g/mol. The fraction of sp³-hybridized carbons (Fsp3) is 0.231. The molecule has 0 spiro atoms. The summed E-state index contributed by atoms with van der Waals surface area (Å²) in [7, 11) is 0. The van der Waals surface area contributed by atoms with Crippen LogP contribution in [0.3, 0.4) is 0 Å². The van der Waals surface area contributed by atoms with Gasteiger partial charge >= 0.3 is 0 Å². The lowest BCUT2D eigenvalue weighted by atomic mass is 9.82. The lowest BCUT2D eigenvalue weighted by Gasteiger charge is -2.44. The van der Waals surface area contributed by atoms with Crippen LogP contribution < -0.4 is 10.2 Å². The quantitative estimate of drug-likeness (QED) is 0.699. The van der Waals surface area contributed by atoms with Crippen molar-refractivity contribution in [2.75, 3.05) is 4.90 Å². The van der Waals surface area contributed by atoms with Crippen LogP contribution in [0.2, 0.25) is 0 Å². The average molecular weight is 399 g/mol. The highest BCUT2D eigenvalue weighted by molar-refractivity contribution is 6.14. The summed E-state index contributed by atoms with van der Waals surface area (Å²) < 4.78 is 0. The van der Waals surface area contributed by atoms with Gasteiger partial charge in [0.25, 0.3) is 5.91 Å². The van der Waals surface area contributed by atoms with E-state index in [-0.39, 0.29) is 11.8 Å². The molecule has 4 heteroatoms. The van der Waals surface area contributed by atoms with E-state index < -0.39 is 5.54 Å². The highest BCUT2D eigenvalue weighted by Gasteiger charge is 2.47. The zero-order valence-electron chi connectivity index (χ0n) is 17.6. The molecule has 1 heterocycles. The minimum absolute atomic E-state index is 0.140. The van der Waals surface area contributed by atoms with Gasteiger partial charge in [-0.25, -0.2) is 0 Å². The Morgan fingerprint density at radius 3 is 2.30 bits per heavy atom. The molecule has 1 aliphatic heterocycles. The number of benzene rings is 3. The lowest BCUT2D eigenvalue weighted by molar-refractivity contribution is -0.126. The Bertz CT molecular complexity index is 1090. The van der Waals surface area contributed by atoms with Gasteiger partial charge in [0, 0.05) is 24.2 Å². The molecule has 3 aromatic rings. The van der Waals surface area contributed by atoms with Crippen LogP contribution in [0.15, 0.2) is 72.8 Å². The fourth-order valence-corrected chi connectivity index (χ4v) is 4.31. The third-order valence-corrected chi connectivity index (χ3v) is 5.73. The molecule has 0 saturated heterocycles. The summed E-state index contributed by atoms with van der Waals surface area (Å²) in [6.45, 7) is 6.29. The van der Waals surface area contributed by atoms with Crippen LogP contribution in [-0.2, 0) is 17.8 Å². The normalized spacial score (nSPS) is 18.1. The summed E-state index contributed by atoms with van der Waals surface area (Å²) in [4.78, 5) is 28.8. The summed E-state index contributed by atoms with van der Waals surface area (Å²) in [5.74, 6) is -0.299. The Morgan fingerprint density at radius 1 is 0.967 bits per heavy atom. The predicted molar refractivity (Wildman–Crippen MR) is 120 cm³/mol. The number of hydrogen-bond acceptors (Lipinski definition) is 2. The van der Waals surface area contributed by atoms with E-state index in [9.17, 15) is 9.59 Å². The third kappa shape index (κ3) is 3.61. The molecule has 0 saturated carbocycles. The topological polar surface area (TPSA) is 49.4 Å². The van der Waals surface area contributed by atoms with Gasteiger partial charge in [-0.3, -0.25) is 14.5 Å². The van der Waals surface area contributed by atoms with Gasteiger partial charge in [0.05, 0.1) is 0 Å². The first-order chi connectivity index (χ1) is 14.4. The first kappa shape index (κ1) is 19.9. The van der Waals surface area contributed by atoms with Crippen LogP contribution in [0, 0.1) is 13.8 Å². The standard InChI is InChI=1S/C26H26N2O2/c1-18-13-19(2)15-22(14-18)28-24(29)23-12-8-7-11-21(23)16-26(28,3)25(30)27-17-20-9-5-4-6-10-20/h4-15H,16-17H2,1-3H3,(H,27,30)/t26-/m1/s1. The predicted octanol–water partition coefficient (Wildman–Crippen LogP) is 4.58. The molecule has 2 amide bonds. The molecule has 1 aliphatic rings. The summed E-state index contributed by atoms with van der Waals surface area (Å²) in [5.41, 5.74) is 4.43. The number of carbonyl (C=O) groups is 2. The molecule has 4 nitrogen and oxygen atoms in total. The molecule has 0 radical (unpaired) electrons. The minimum Gasteiger partial charge on any atom is -0.350 e. The van der Waals surface area contributed by atoms with Gasteiger partial charge in [0.15, 0.2) is 0 Å². The van der Waals surface area contributed by atoms with Gasteiger partial charge in [-0.1, -0.05) is 54.6 Å². The number of carbonyl (C=O) groups excluding carboxylic acids is 2. The van der Waals surface area contributed by atoms with E-state index in [1.807, 2.05) is 87.5 Å². The number of anilines is 1. The van der Waals surface area contributed by atoms with Crippen molar-refractivity contribution in [1.82, 2.24) is 5.32 Å². The van der Waals surface area contributed by atoms with Crippen molar-refractivity contribution in [2.24, 2.45) is 0 Å². The van der Waals surface area contributed by atoms with E-state index in [1.165, 1.54) is 0 Å². The van der Waals surface area contributed by atoms with Gasteiger partial charge in [0.1, 0.15) is 5.54 Å². The Labute approximate surface area is 177 Å². The number of rotatable bonds is 4. The van der Waals surface area contributed by atoms with Crippen LogP contribution in [0.25, 0.3) is 0 Å². The smallest absolute Gasteiger partial charge is 0.259 e. The van der Waals surface area contributed by atoms with E-state index in [2.05, 4.69) is 11.4 Å². The molecule has 1 atom stereocenters. The maximum atomic E-state index is 13.6. The van der Waals surface area contributed by atoms with Crippen molar-refractivity contribution in [2.45, 2.75) is 39.3 Å². The Kier molecular flexibility index (Phi) is 5.17. The van der Waals surface area contributed by atoms with Crippen molar-refractivity contribution >= 4 is 17.5 Å². The largest absolute Gasteiger partial charge is 0.350 e. The molecule has 0 bridgehead atoms. The number of fused-ring (bicyclic) bond motifs is 1. The fourth-order valence-electron chi connectivity index (χ4n) is 4.31. The van der Waals surface area contributed by atoms with Crippen LogP contribution in [0.4, 0.5) is 5.69 Å². The van der Waals surface area contributed by atoms with Gasteiger partial charge in [-0.05, 0) is 61.2 Å². The molecule has 3 aromatic carbocycles. The maximum Gasteiger partial charge on any atom is 0.259 e. The van der Waals surface area contributed by atoms with Crippen molar-refractivity contribution < 1.29 is 9.59 Å². The summed E-state index contributed by atoms with van der Waals surface area (Å²) in [6.07, 6.45) is 0.461. The summed E-state index contributed by atoms with van der Waals surface area (Å²) >= 11 is 0. The Morgan fingerprint density at radius 2 is 1.60 bits per heavy atom. The number of nitrogens with zero attached hydrogens (tertiary/aromatic N) is 1. The average Bonchev–Trinajstić information content (AvgIpc) is 2.72. The molecule has 30 heavy (non-hydrogen) atoms. The van der Waals surface area contributed by atoms with Crippen molar-refractivity contribution in [1.29, 1.82) is 0 Å². The first-order valence-corrected chi connectivity index (χ1v) is 10.2. The van der Waals surface area contributed by atoms with E-state index in [1.54, 1.807) is 4.90 Å². The minimum atomic E-state index is -1.03. The van der Waals surface area contributed by atoms with Gasteiger partial charge in [-0.15, -0.1) is 0 Å². The number of hydrogen-bond donors (Lipinski definition) is 1. The van der Waals surface area contributed by atoms with E-state index in [0.29, 0.717) is 18.5 Å². The van der Waals surface area contributed by atoms with Crippen LogP contribution in [0.1, 0.15) is 39.5 Å². The van der Waals surface area contributed by atoms with Crippen LogP contribution >= 0.6 is 0 Å². The van der Waals surface area contributed by atoms with Crippen LogP contribution in [0.5, 0.6) is 0 Å². The molecule has 4 rings (SSSR count). The molecular weight excluding hydrogens is 372 g/mol. The van der Waals surface area contributed by atoms with Gasteiger partial charge in [0.2, 0.25) is 5.91 Å². The van der Waals surface area contributed by atoms with E-state index in [0.717, 1.165) is 27.9 Å². The highest BCUT2D eigenvalue weighted by atomic mass is 16.2. The Hall–Kier alpha value is -3.40. The van der Waals surface area contributed by atoms with Gasteiger partial charge in [-0.2, -0.15) is 0 Å². The molecule has 0 fully saturated rings. The number of nitrogens with one attached hydrogen (secondary N) is 1. The number of aryl methyl sites for hydroxylation is 2. The third-order valence-electron chi connectivity index (χ3n) is 5.73. The van der Waals surface area contributed by atoms with E-state index in [4.69, 9.17) is 0 Å². The molecule has 0 unspecified atom stereocenters. The second-order valence-corrected chi connectivity index (χ2v) is 8.26. The second-order valence-electron chi connectivity index (χ2n) is 8.26. The zero-order valence-corrected chi connectivity index (χ0v) is 17.6. The van der Waals surface area contributed by atoms with E-state index >= 15 is 0 Å². The Balaban J connectivity index is 1.75. The second kappa shape index (κ2) is 7.79. The van der Waals surface area contributed by atoms with Crippen molar-refractivity contribution in [3.05, 3.63) is 101 Å². The van der Waals surface area contributed by atoms with Crippen molar-refractivity contribution in [3.8, 4) is 0 Å². The summed E-state index contributed by atoms with van der Waals surface area (Å²) in [6, 6.07) is 23.4. The summed E-state index contributed by atoms with van der Waals surface area (Å²) in [5, 5.41) is 3.06. The molecule has 1 N–H and O–H groups in total. The molecular formula is C26H26N2O2. The zero-order chi connectivity index (χ0) is 21.3. The first-order valence-electron chi connectivity index (χ1n) is 10.2. The SMILES string of the molecule is Cc1cc(C)cc(N2C(=O)c3ccccc3C[C@]2(C)C(=O)NCc2ccccc2)c1. The van der Waals surface area contributed by atoms with Gasteiger partial charge < -0.3 is 5.32 Å². The highest BCUT2D eigenvalue weighted by Crippen LogP contribution is 2.36. The maximum absolute atomic E-state index is 13.6. The molecule has 0 aliphatic carbocycles. The number of amides is 2. The van der Waals surface area contributed by atoms with Crippen molar-refractivity contribution in [3.63, 3.8) is 0 Å². The molecule has 0 aromatic heterocycles.